The molecule has 0 bridgehead atoms. The highest BCUT2D eigenvalue weighted by Gasteiger charge is 2.12. The predicted molar refractivity (Wildman–Crippen MR) is 82.9 cm³/mol. The highest BCUT2D eigenvalue weighted by atomic mass is 35.5. The fourth-order valence-electron chi connectivity index (χ4n) is 1.93. The first kappa shape index (κ1) is 15.7. The molecule has 0 saturated carbocycles. The molecular weight excluding hydrogens is 304 g/mol. The number of rotatable bonds is 5. The van der Waals surface area contributed by atoms with Crippen LogP contribution in [0.4, 0.5) is 0 Å². The summed E-state index contributed by atoms with van der Waals surface area (Å²) in [4.78, 5) is 0. The van der Waals surface area contributed by atoms with E-state index in [1.54, 1.807) is 24.3 Å². The molecule has 2 aromatic carbocycles. The molecule has 5 nitrogen and oxygen atoms in total. The van der Waals surface area contributed by atoms with E-state index in [9.17, 15) is 0 Å². The van der Waals surface area contributed by atoms with Crippen LogP contribution in [0.15, 0.2) is 41.6 Å². The van der Waals surface area contributed by atoms with Gasteiger partial charge in [0.2, 0.25) is 0 Å². The Balaban J connectivity index is 2.28. The summed E-state index contributed by atoms with van der Waals surface area (Å²) in [6, 6.07) is 12.5. The Morgan fingerprint density at radius 3 is 2.82 bits per heavy atom. The van der Waals surface area contributed by atoms with Gasteiger partial charge < -0.3 is 14.7 Å². The second kappa shape index (κ2) is 7.34. The Hall–Kier alpha value is -2.71. The van der Waals surface area contributed by atoms with Crippen LogP contribution in [0.25, 0.3) is 0 Å². The van der Waals surface area contributed by atoms with Gasteiger partial charge in [-0.3, -0.25) is 0 Å². The Kier molecular flexibility index (Phi) is 5.23. The molecule has 0 radical (unpaired) electrons. The van der Waals surface area contributed by atoms with E-state index in [2.05, 4.69) is 11.2 Å². The molecular formula is C16H13ClN2O3. The van der Waals surface area contributed by atoms with Crippen LogP contribution >= 0.6 is 11.6 Å². The molecule has 0 aliphatic heterocycles. The summed E-state index contributed by atoms with van der Waals surface area (Å²) in [5.41, 5.74) is 1.87. The standard InChI is InChI=1S/C16H13ClN2O3/c1-21-15-7-11(9-19-20)6-14(17)16(15)22-10-13-5-3-2-4-12(13)8-18/h2-7,9,20H,10H2,1H3. The maximum absolute atomic E-state index is 9.07. The van der Waals surface area contributed by atoms with E-state index < -0.39 is 0 Å². The number of hydrogen-bond acceptors (Lipinski definition) is 5. The summed E-state index contributed by atoms with van der Waals surface area (Å²) >= 11 is 6.18. The average Bonchev–Trinajstić information content (AvgIpc) is 2.54. The van der Waals surface area contributed by atoms with E-state index in [0.717, 1.165) is 5.56 Å². The minimum absolute atomic E-state index is 0.188. The smallest absolute Gasteiger partial charge is 0.180 e. The lowest BCUT2D eigenvalue weighted by atomic mass is 10.1. The van der Waals surface area contributed by atoms with Gasteiger partial charge in [-0.25, -0.2) is 0 Å². The van der Waals surface area contributed by atoms with Gasteiger partial charge >= 0.3 is 0 Å². The molecule has 0 amide bonds. The van der Waals surface area contributed by atoms with Gasteiger partial charge in [0.05, 0.1) is 30.0 Å². The summed E-state index contributed by atoms with van der Waals surface area (Å²) in [6.07, 6.45) is 1.24. The van der Waals surface area contributed by atoms with Crippen LogP contribution < -0.4 is 9.47 Å². The molecule has 22 heavy (non-hydrogen) atoms. The second-order valence-electron chi connectivity index (χ2n) is 4.34. The minimum atomic E-state index is 0.188. The lowest BCUT2D eigenvalue weighted by Crippen LogP contribution is -2.01. The van der Waals surface area contributed by atoms with E-state index >= 15 is 0 Å². The van der Waals surface area contributed by atoms with Gasteiger partial charge in [0.1, 0.15) is 6.61 Å². The van der Waals surface area contributed by atoms with Crippen LogP contribution in [0.1, 0.15) is 16.7 Å². The van der Waals surface area contributed by atoms with E-state index in [0.29, 0.717) is 27.6 Å². The van der Waals surface area contributed by atoms with Crippen LogP contribution in [0.2, 0.25) is 5.02 Å². The van der Waals surface area contributed by atoms with Gasteiger partial charge in [-0.15, -0.1) is 0 Å². The largest absolute Gasteiger partial charge is 0.493 e. The number of halogens is 1. The van der Waals surface area contributed by atoms with E-state index in [1.807, 2.05) is 12.1 Å². The van der Waals surface area contributed by atoms with E-state index in [-0.39, 0.29) is 6.61 Å². The van der Waals surface area contributed by atoms with Crippen molar-refractivity contribution in [1.82, 2.24) is 0 Å². The Labute approximate surface area is 133 Å². The number of benzene rings is 2. The van der Waals surface area contributed by atoms with Gasteiger partial charge in [-0.05, 0) is 18.2 Å². The molecule has 0 unspecified atom stereocenters. The summed E-state index contributed by atoms with van der Waals surface area (Å²) in [5, 5.41) is 20.9. The van der Waals surface area contributed by atoms with Crippen LogP contribution in [-0.4, -0.2) is 18.5 Å². The van der Waals surface area contributed by atoms with E-state index in [4.69, 9.17) is 31.5 Å². The maximum atomic E-state index is 9.07. The number of nitrogens with zero attached hydrogens (tertiary/aromatic N) is 2. The third kappa shape index (κ3) is 3.48. The molecule has 0 aromatic heterocycles. The SMILES string of the molecule is COc1cc(C=NO)cc(Cl)c1OCc1ccccc1C#N. The topological polar surface area (TPSA) is 74.8 Å². The zero-order chi connectivity index (χ0) is 15.9. The molecule has 0 spiro atoms. The molecule has 112 valence electrons. The monoisotopic (exact) mass is 316 g/mol. The van der Waals surface area contributed by atoms with Crippen molar-refractivity contribution in [1.29, 1.82) is 5.26 Å². The lowest BCUT2D eigenvalue weighted by molar-refractivity contribution is 0.284. The molecule has 2 aromatic rings. The van der Waals surface area contributed by atoms with Crippen molar-refractivity contribution in [3.63, 3.8) is 0 Å². The fourth-order valence-corrected chi connectivity index (χ4v) is 2.20. The zero-order valence-corrected chi connectivity index (χ0v) is 12.5. The Morgan fingerprint density at radius 2 is 2.14 bits per heavy atom. The highest BCUT2D eigenvalue weighted by molar-refractivity contribution is 6.32. The van der Waals surface area contributed by atoms with Crippen LogP contribution in [-0.2, 0) is 6.61 Å². The van der Waals surface area contributed by atoms with Gasteiger partial charge in [0.15, 0.2) is 11.5 Å². The average molecular weight is 317 g/mol. The Morgan fingerprint density at radius 1 is 1.36 bits per heavy atom. The summed E-state index contributed by atoms with van der Waals surface area (Å²) in [7, 11) is 1.49. The zero-order valence-electron chi connectivity index (χ0n) is 11.8. The van der Waals surface area contributed by atoms with Crippen molar-refractivity contribution < 1.29 is 14.7 Å². The predicted octanol–water partition coefficient (Wildman–Crippen LogP) is 3.61. The second-order valence-corrected chi connectivity index (χ2v) is 4.74. The van der Waals surface area contributed by atoms with Gasteiger partial charge in [0.25, 0.3) is 0 Å². The molecule has 0 atom stereocenters. The van der Waals surface area contributed by atoms with E-state index in [1.165, 1.54) is 13.3 Å². The first-order chi connectivity index (χ1) is 10.7. The van der Waals surface area contributed by atoms with Gasteiger partial charge in [-0.2, -0.15) is 5.26 Å². The van der Waals surface area contributed by atoms with Crippen molar-refractivity contribution in [2.24, 2.45) is 5.16 Å². The number of methoxy groups -OCH3 is 1. The van der Waals surface area contributed by atoms with Crippen molar-refractivity contribution in [3.8, 4) is 17.6 Å². The lowest BCUT2D eigenvalue weighted by Gasteiger charge is -2.13. The molecule has 0 aliphatic carbocycles. The maximum Gasteiger partial charge on any atom is 0.180 e. The quantitative estimate of drug-likeness (QED) is 0.519. The first-order valence-corrected chi connectivity index (χ1v) is 6.73. The van der Waals surface area contributed by atoms with Crippen molar-refractivity contribution in [2.45, 2.75) is 6.61 Å². The van der Waals surface area contributed by atoms with Crippen LogP contribution in [0.3, 0.4) is 0 Å². The van der Waals surface area contributed by atoms with Crippen molar-refractivity contribution in [3.05, 3.63) is 58.1 Å². The number of ether oxygens (including phenoxy) is 2. The summed E-state index contributed by atoms with van der Waals surface area (Å²) < 4.78 is 10.9. The summed E-state index contributed by atoms with van der Waals surface area (Å²) in [6.45, 7) is 0.188. The molecule has 0 fully saturated rings. The first-order valence-electron chi connectivity index (χ1n) is 6.35. The molecule has 0 heterocycles. The normalized spacial score (nSPS) is 10.4. The highest BCUT2D eigenvalue weighted by Crippen LogP contribution is 2.36. The fraction of sp³-hybridized carbons (Fsp3) is 0.125. The number of hydrogen-bond donors (Lipinski definition) is 1. The van der Waals surface area contributed by atoms with Crippen LogP contribution in [0, 0.1) is 11.3 Å². The van der Waals surface area contributed by atoms with Crippen molar-refractivity contribution in [2.75, 3.05) is 7.11 Å². The minimum Gasteiger partial charge on any atom is -0.493 e. The molecule has 0 aliphatic rings. The molecule has 1 N–H and O–H groups in total. The number of nitriles is 1. The third-order valence-corrected chi connectivity index (χ3v) is 3.25. The van der Waals surface area contributed by atoms with Crippen LogP contribution in [0.5, 0.6) is 11.5 Å². The molecule has 0 saturated heterocycles. The van der Waals surface area contributed by atoms with Crippen molar-refractivity contribution >= 4 is 17.8 Å². The molecule has 2 rings (SSSR count). The summed E-state index contributed by atoms with van der Waals surface area (Å²) in [5.74, 6) is 0.781. The Bertz CT molecular complexity index is 739. The van der Waals surface area contributed by atoms with Gasteiger partial charge in [0, 0.05) is 11.1 Å². The number of oxime groups is 1. The molecule has 6 heteroatoms. The third-order valence-electron chi connectivity index (χ3n) is 2.97. The van der Waals surface area contributed by atoms with Gasteiger partial charge in [-0.1, -0.05) is 35.0 Å².